The number of amides is 1. The lowest BCUT2D eigenvalue weighted by Crippen LogP contribution is -2.33. The summed E-state index contributed by atoms with van der Waals surface area (Å²) in [5.74, 6) is -3.61. The first kappa shape index (κ1) is 15.2. The molecule has 1 aromatic carbocycles. The molecule has 104 valence electrons. The van der Waals surface area contributed by atoms with Crippen molar-refractivity contribution in [3.8, 4) is 0 Å². The number of nitrogens with one attached hydrogen (secondary N) is 1. The molecule has 1 atom stereocenters. The van der Waals surface area contributed by atoms with Gasteiger partial charge in [-0.15, -0.1) is 0 Å². The molecule has 19 heavy (non-hydrogen) atoms. The summed E-state index contributed by atoms with van der Waals surface area (Å²) in [5.41, 5.74) is 0.661. The molecule has 2 nitrogen and oxygen atoms in total. The van der Waals surface area contributed by atoms with Gasteiger partial charge >= 0.3 is 0 Å². The molecular weight excluding hydrogens is 431 g/mol. The second kappa shape index (κ2) is 6.03. The summed E-state index contributed by atoms with van der Waals surface area (Å²) in [4.78, 5) is 12.1. The smallest absolute Gasteiger partial charge is 0.248 e. The maximum Gasteiger partial charge on any atom is 0.248 e. The van der Waals surface area contributed by atoms with Crippen molar-refractivity contribution in [1.29, 1.82) is 0 Å². The van der Waals surface area contributed by atoms with Crippen molar-refractivity contribution < 1.29 is 13.6 Å². The molecule has 0 heterocycles. The van der Waals surface area contributed by atoms with Gasteiger partial charge in [-0.2, -0.15) is 0 Å². The Morgan fingerprint density at radius 2 is 2.21 bits per heavy atom. The van der Waals surface area contributed by atoms with Gasteiger partial charge in [0.2, 0.25) is 11.8 Å². The summed E-state index contributed by atoms with van der Waals surface area (Å²) in [6, 6.07) is 5.50. The molecule has 1 fully saturated rings. The predicted molar refractivity (Wildman–Crippen MR) is 82.4 cm³/mol. The van der Waals surface area contributed by atoms with Gasteiger partial charge in [0.25, 0.3) is 0 Å². The second-order valence-corrected chi connectivity index (χ2v) is 6.84. The van der Waals surface area contributed by atoms with Crippen molar-refractivity contribution in [2.45, 2.75) is 31.6 Å². The molecule has 0 saturated heterocycles. The number of halogens is 4. The van der Waals surface area contributed by atoms with Gasteiger partial charge < -0.3 is 5.32 Å². The Morgan fingerprint density at radius 3 is 2.89 bits per heavy atom. The first-order valence-corrected chi connectivity index (χ1v) is 7.88. The van der Waals surface area contributed by atoms with Crippen LogP contribution >= 0.6 is 38.5 Å². The molecule has 6 heteroatoms. The third kappa shape index (κ3) is 4.11. The molecule has 1 aliphatic rings. The van der Waals surface area contributed by atoms with Crippen LogP contribution in [0, 0.1) is 9.49 Å². The monoisotopic (exact) mass is 443 g/mol. The predicted octanol–water partition coefficient (Wildman–Crippen LogP) is 4.82. The number of anilines is 1. The van der Waals surface area contributed by atoms with Crippen LogP contribution < -0.4 is 5.32 Å². The number of rotatable bonds is 2. The fraction of sp³-hybridized carbons (Fsp3) is 0.462. The number of alkyl halides is 2. The number of carbonyl (C=O) groups excluding carboxylic acids is 1. The molecule has 1 aliphatic carbocycles. The summed E-state index contributed by atoms with van der Waals surface area (Å²) in [5, 5.41) is 2.75. The van der Waals surface area contributed by atoms with Crippen LogP contribution in [0.25, 0.3) is 0 Å². The van der Waals surface area contributed by atoms with Gasteiger partial charge in [-0.1, -0.05) is 15.9 Å². The Balaban J connectivity index is 2.06. The maximum atomic E-state index is 13.3. The molecule has 0 radical (unpaired) electrons. The highest BCUT2D eigenvalue weighted by Crippen LogP contribution is 2.37. The molecule has 0 spiro atoms. The molecular formula is C13H13BrF2INO. The van der Waals surface area contributed by atoms with Crippen molar-refractivity contribution in [3.05, 3.63) is 26.2 Å². The van der Waals surface area contributed by atoms with Gasteiger partial charge in [-0.25, -0.2) is 8.78 Å². The quantitative estimate of drug-likeness (QED) is 0.652. The normalized spacial score (nSPS) is 22.0. The fourth-order valence-electron chi connectivity index (χ4n) is 2.22. The van der Waals surface area contributed by atoms with Crippen molar-refractivity contribution in [1.82, 2.24) is 0 Å². The highest BCUT2D eigenvalue weighted by molar-refractivity contribution is 14.1. The van der Waals surface area contributed by atoms with Crippen LogP contribution in [0.2, 0.25) is 0 Å². The molecule has 1 saturated carbocycles. The van der Waals surface area contributed by atoms with Gasteiger partial charge in [-0.3, -0.25) is 4.79 Å². The summed E-state index contributed by atoms with van der Waals surface area (Å²) >= 11 is 5.43. The molecule has 1 unspecified atom stereocenters. The van der Waals surface area contributed by atoms with E-state index >= 15 is 0 Å². The average Bonchev–Trinajstić information content (AvgIpc) is 2.32. The van der Waals surface area contributed by atoms with Crippen molar-refractivity contribution in [3.63, 3.8) is 0 Å². The number of benzene rings is 1. The Bertz CT molecular complexity index is 496. The Hall–Kier alpha value is -0.240. The Kier molecular flexibility index (Phi) is 4.81. The molecule has 0 aromatic heterocycles. The minimum Gasteiger partial charge on any atom is -0.325 e. The largest absolute Gasteiger partial charge is 0.325 e. The van der Waals surface area contributed by atoms with E-state index in [-0.39, 0.29) is 18.7 Å². The zero-order valence-corrected chi connectivity index (χ0v) is 13.8. The first-order chi connectivity index (χ1) is 8.87. The SMILES string of the molecule is O=C(Nc1cc(Br)ccc1I)C1CCCC(F)(F)C1. The molecule has 2 rings (SSSR count). The minimum absolute atomic E-state index is 0.106. The Labute approximate surface area is 132 Å². The molecule has 1 aromatic rings. The Morgan fingerprint density at radius 1 is 1.47 bits per heavy atom. The zero-order valence-electron chi connectivity index (χ0n) is 10.1. The molecule has 1 amide bonds. The van der Waals surface area contributed by atoms with E-state index in [1.807, 2.05) is 12.1 Å². The summed E-state index contributed by atoms with van der Waals surface area (Å²) < 4.78 is 28.3. The van der Waals surface area contributed by atoms with E-state index in [1.54, 1.807) is 6.07 Å². The van der Waals surface area contributed by atoms with Crippen LogP contribution in [0.15, 0.2) is 22.7 Å². The van der Waals surface area contributed by atoms with E-state index in [9.17, 15) is 13.6 Å². The van der Waals surface area contributed by atoms with E-state index in [1.165, 1.54) is 0 Å². The lowest BCUT2D eigenvalue weighted by molar-refractivity contribution is -0.127. The first-order valence-electron chi connectivity index (χ1n) is 6.01. The van der Waals surface area contributed by atoms with Crippen LogP contribution in [0.1, 0.15) is 25.7 Å². The van der Waals surface area contributed by atoms with Crippen LogP contribution in [-0.4, -0.2) is 11.8 Å². The van der Waals surface area contributed by atoms with E-state index in [4.69, 9.17) is 0 Å². The van der Waals surface area contributed by atoms with E-state index in [2.05, 4.69) is 43.8 Å². The van der Waals surface area contributed by atoms with Crippen LogP contribution in [-0.2, 0) is 4.79 Å². The number of hydrogen-bond acceptors (Lipinski definition) is 1. The van der Waals surface area contributed by atoms with Gasteiger partial charge in [0.15, 0.2) is 0 Å². The van der Waals surface area contributed by atoms with Crippen LogP contribution in [0.3, 0.4) is 0 Å². The van der Waals surface area contributed by atoms with E-state index in [0.717, 1.165) is 8.04 Å². The highest BCUT2D eigenvalue weighted by atomic mass is 127. The third-order valence-electron chi connectivity index (χ3n) is 3.20. The lowest BCUT2D eigenvalue weighted by atomic mass is 9.86. The van der Waals surface area contributed by atoms with Gasteiger partial charge in [0.05, 0.1) is 5.69 Å². The van der Waals surface area contributed by atoms with Crippen molar-refractivity contribution in [2.24, 2.45) is 5.92 Å². The van der Waals surface area contributed by atoms with Crippen molar-refractivity contribution >= 4 is 50.1 Å². The van der Waals surface area contributed by atoms with Gasteiger partial charge in [0, 0.05) is 26.8 Å². The molecule has 0 aliphatic heterocycles. The number of carbonyl (C=O) groups is 1. The van der Waals surface area contributed by atoms with Gasteiger partial charge in [-0.05, 0) is 53.6 Å². The summed E-state index contributed by atoms with van der Waals surface area (Å²) in [7, 11) is 0. The van der Waals surface area contributed by atoms with Crippen LogP contribution in [0.5, 0.6) is 0 Å². The maximum absolute atomic E-state index is 13.3. The topological polar surface area (TPSA) is 29.1 Å². The lowest BCUT2D eigenvalue weighted by Gasteiger charge is -2.28. The highest BCUT2D eigenvalue weighted by Gasteiger charge is 2.39. The van der Waals surface area contributed by atoms with E-state index < -0.39 is 11.8 Å². The third-order valence-corrected chi connectivity index (χ3v) is 4.63. The number of hydrogen-bond donors (Lipinski definition) is 1. The van der Waals surface area contributed by atoms with Crippen molar-refractivity contribution in [2.75, 3.05) is 5.32 Å². The minimum atomic E-state index is -2.70. The average molecular weight is 444 g/mol. The second-order valence-electron chi connectivity index (χ2n) is 4.76. The van der Waals surface area contributed by atoms with E-state index in [0.29, 0.717) is 18.5 Å². The molecule has 1 N–H and O–H groups in total. The standard InChI is InChI=1S/C13H13BrF2INO/c14-9-3-4-10(17)11(6-9)18-12(19)8-2-1-5-13(15,16)7-8/h3-4,6,8H,1-2,5,7H2,(H,18,19). The fourth-order valence-corrected chi connectivity index (χ4v) is 3.06. The van der Waals surface area contributed by atoms with Gasteiger partial charge in [0.1, 0.15) is 0 Å². The summed E-state index contributed by atoms with van der Waals surface area (Å²) in [6.45, 7) is 0. The molecule has 0 bridgehead atoms. The summed E-state index contributed by atoms with van der Waals surface area (Å²) in [6.07, 6.45) is 0.487. The zero-order chi connectivity index (χ0) is 14.0. The van der Waals surface area contributed by atoms with Crippen LogP contribution in [0.4, 0.5) is 14.5 Å².